The zero-order valence-corrected chi connectivity index (χ0v) is 10.3. The average Bonchev–Trinajstić information content (AvgIpc) is 2.86. The van der Waals surface area contributed by atoms with Crippen molar-refractivity contribution in [2.24, 2.45) is 0 Å². The Labute approximate surface area is 98.7 Å². The number of hydrogen-bond donors (Lipinski definition) is 3. The zero-order valence-electron chi connectivity index (χ0n) is 9.48. The lowest BCUT2D eigenvalue weighted by Crippen LogP contribution is -2.13. The predicted molar refractivity (Wildman–Crippen MR) is 62.1 cm³/mol. The molecule has 0 aromatic carbocycles. The molecule has 2 aromatic rings. The van der Waals surface area contributed by atoms with Gasteiger partial charge in [-0.25, -0.2) is 4.98 Å². The molecule has 92 valence electrons. The molecule has 0 bridgehead atoms. The number of aryl methyl sites for hydroxylation is 2. The Morgan fingerprint density at radius 3 is 2.76 bits per heavy atom. The van der Waals surface area contributed by atoms with Crippen LogP contribution >= 0.6 is 0 Å². The Morgan fingerprint density at radius 2 is 2.24 bits per heavy atom. The molecule has 2 aromatic heterocycles. The van der Waals surface area contributed by atoms with E-state index in [4.69, 9.17) is 0 Å². The fraction of sp³-hybridized carbons (Fsp3) is 0.333. The molecule has 0 spiro atoms. The van der Waals surface area contributed by atoms with Crippen LogP contribution in [0.1, 0.15) is 18.4 Å². The van der Waals surface area contributed by atoms with Crippen molar-refractivity contribution < 1.29 is 8.42 Å². The standard InChI is InChI=1S/C9H13N5O2S/c1-3-7-10-5-9(11-7)17(15,16)14-8-4-6(2)12-13-8/h4-5H,3H2,1-2H3,(H,10,11)(H2,12,13,14). The summed E-state index contributed by atoms with van der Waals surface area (Å²) in [4.78, 5) is 6.68. The minimum Gasteiger partial charge on any atom is -0.332 e. The van der Waals surface area contributed by atoms with Gasteiger partial charge in [-0.05, 0) is 6.92 Å². The third-order valence-corrected chi connectivity index (χ3v) is 3.44. The molecule has 0 aliphatic heterocycles. The number of sulfonamides is 1. The van der Waals surface area contributed by atoms with Crippen LogP contribution in [0.5, 0.6) is 0 Å². The molecule has 0 atom stereocenters. The highest BCUT2D eigenvalue weighted by Crippen LogP contribution is 2.12. The van der Waals surface area contributed by atoms with E-state index in [0.717, 1.165) is 5.69 Å². The molecule has 0 aliphatic carbocycles. The van der Waals surface area contributed by atoms with Crippen molar-refractivity contribution in [3.8, 4) is 0 Å². The lowest BCUT2D eigenvalue weighted by molar-refractivity contribution is 0.597. The second-order valence-corrected chi connectivity index (χ2v) is 5.24. The normalized spacial score (nSPS) is 11.6. The number of anilines is 1. The van der Waals surface area contributed by atoms with Crippen LogP contribution < -0.4 is 4.72 Å². The largest absolute Gasteiger partial charge is 0.332 e. The van der Waals surface area contributed by atoms with Gasteiger partial charge in [0.05, 0.1) is 6.20 Å². The van der Waals surface area contributed by atoms with Crippen molar-refractivity contribution in [1.29, 1.82) is 0 Å². The summed E-state index contributed by atoms with van der Waals surface area (Å²) in [5, 5.41) is 6.50. The van der Waals surface area contributed by atoms with E-state index < -0.39 is 10.0 Å². The van der Waals surface area contributed by atoms with E-state index in [1.165, 1.54) is 6.20 Å². The monoisotopic (exact) mass is 255 g/mol. The van der Waals surface area contributed by atoms with Crippen molar-refractivity contribution in [1.82, 2.24) is 20.2 Å². The quantitative estimate of drug-likeness (QED) is 0.751. The lowest BCUT2D eigenvalue weighted by atomic mass is 10.5. The second kappa shape index (κ2) is 4.21. The predicted octanol–water partition coefficient (Wildman–Crippen LogP) is 0.804. The Balaban J connectivity index is 2.24. The molecule has 0 aliphatic rings. The first kappa shape index (κ1) is 11.6. The van der Waals surface area contributed by atoms with E-state index in [1.807, 2.05) is 6.92 Å². The molecule has 3 N–H and O–H groups in total. The number of imidazole rings is 1. The number of nitrogens with zero attached hydrogens (tertiary/aromatic N) is 2. The maximum absolute atomic E-state index is 11.9. The Morgan fingerprint density at radius 1 is 1.47 bits per heavy atom. The first-order valence-corrected chi connectivity index (χ1v) is 6.58. The molecule has 7 nitrogen and oxygen atoms in total. The van der Waals surface area contributed by atoms with Crippen LogP contribution in [0.15, 0.2) is 17.3 Å². The summed E-state index contributed by atoms with van der Waals surface area (Å²) in [6.07, 6.45) is 1.94. The third-order valence-electron chi connectivity index (χ3n) is 2.17. The van der Waals surface area contributed by atoms with Gasteiger partial charge < -0.3 is 4.98 Å². The molecule has 0 fully saturated rings. The van der Waals surface area contributed by atoms with Gasteiger partial charge in [0.1, 0.15) is 5.82 Å². The number of nitrogens with one attached hydrogen (secondary N) is 3. The van der Waals surface area contributed by atoms with Gasteiger partial charge in [-0.2, -0.15) is 13.5 Å². The van der Waals surface area contributed by atoms with E-state index in [2.05, 4.69) is 24.9 Å². The van der Waals surface area contributed by atoms with Crippen molar-refractivity contribution in [2.45, 2.75) is 25.3 Å². The summed E-state index contributed by atoms with van der Waals surface area (Å²) in [6, 6.07) is 1.61. The maximum atomic E-state index is 11.9. The fourth-order valence-electron chi connectivity index (χ4n) is 1.32. The lowest BCUT2D eigenvalue weighted by Gasteiger charge is -2.01. The molecule has 0 unspecified atom stereocenters. The van der Waals surface area contributed by atoms with Crippen LogP contribution in [0.3, 0.4) is 0 Å². The SMILES string of the molecule is CCc1ncc(S(=O)(=O)Nc2cc(C)[nH]n2)[nH]1. The van der Waals surface area contributed by atoms with E-state index in [9.17, 15) is 8.42 Å². The van der Waals surface area contributed by atoms with Gasteiger partial charge in [0.15, 0.2) is 10.8 Å². The smallest absolute Gasteiger partial charge is 0.280 e. The van der Waals surface area contributed by atoms with Crippen molar-refractivity contribution in [3.05, 3.63) is 23.8 Å². The van der Waals surface area contributed by atoms with E-state index in [-0.39, 0.29) is 10.8 Å². The van der Waals surface area contributed by atoms with Gasteiger partial charge in [-0.15, -0.1) is 0 Å². The van der Waals surface area contributed by atoms with Crippen molar-refractivity contribution in [3.63, 3.8) is 0 Å². The number of aromatic amines is 2. The Hall–Kier alpha value is -1.83. The average molecular weight is 255 g/mol. The second-order valence-electron chi connectivity index (χ2n) is 3.59. The van der Waals surface area contributed by atoms with Gasteiger partial charge in [0, 0.05) is 18.2 Å². The zero-order chi connectivity index (χ0) is 12.5. The Bertz CT molecular complexity index is 613. The highest BCUT2D eigenvalue weighted by atomic mass is 32.2. The van der Waals surface area contributed by atoms with Crippen LogP contribution in [0, 0.1) is 6.92 Å². The summed E-state index contributed by atoms with van der Waals surface area (Å²) in [7, 11) is -3.64. The third kappa shape index (κ3) is 2.47. The number of H-pyrrole nitrogens is 2. The first-order chi connectivity index (χ1) is 8.01. The van der Waals surface area contributed by atoms with E-state index in [1.54, 1.807) is 13.0 Å². The molecule has 2 heterocycles. The maximum Gasteiger partial charge on any atom is 0.280 e. The van der Waals surface area contributed by atoms with Gasteiger partial charge in [-0.3, -0.25) is 9.82 Å². The molecule has 0 amide bonds. The summed E-state index contributed by atoms with van der Waals surface area (Å²) in [5.41, 5.74) is 0.779. The van der Waals surface area contributed by atoms with Crippen LogP contribution in [0.25, 0.3) is 0 Å². The summed E-state index contributed by atoms with van der Waals surface area (Å²) >= 11 is 0. The van der Waals surface area contributed by atoms with E-state index >= 15 is 0 Å². The molecule has 17 heavy (non-hydrogen) atoms. The fourth-order valence-corrected chi connectivity index (χ4v) is 2.26. The topological polar surface area (TPSA) is 104 Å². The van der Waals surface area contributed by atoms with Gasteiger partial charge in [0.25, 0.3) is 10.0 Å². The van der Waals surface area contributed by atoms with Crippen LogP contribution in [0.4, 0.5) is 5.82 Å². The summed E-state index contributed by atoms with van der Waals surface area (Å²) < 4.78 is 26.2. The van der Waals surface area contributed by atoms with Crippen LogP contribution in [0.2, 0.25) is 0 Å². The highest BCUT2D eigenvalue weighted by molar-refractivity contribution is 7.92. The number of aromatic nitrogens is 4. The first-order valence-electron chi connectivity index (χ1n) is 5.10. The molecule has 8 heteroatoms. The molecule has 0 saturated heterocycles. The van der Waals surface area contributed by atoms with Crippen LogP contribution in [-0.4, -0.2) is 28.6 Å². The summed E-state index contributed by atoms with van der Waals surface area (Å²) in [5.74, 6) is 0.888. The van der Waals surface area contributed by atoms with Crippen LogP contribution in [-0.2, 0) is 16.4 Å². The molecular formula is C9H13N5O2S. The number of rotatable bonds is 4. The van der Waals surface area contributed by atoms with E-state index in [0.29, 0.717) is 12.2 Å². The van der Waals surface area contributed by atoms with Gasteiger partial charge in [-0.1, -0.05) is 6.92 Å². The summed E-state index contributed by atoms with van der Waals surface area (Å²) in [6.45, 7) is 3.68. The molecular weight excluding hydrogens is 242 g/mol. The number of hydrogen-bond acceptors (Lipinski definition) is 4. The molecule has 0 radical (unpaired) electrons. The minimum atomic E-state index is -3.64. The van der Waals surface area contributed by atoms with Crippen molar-refractivity contribution in [2.75, 3.05) is 4.72 Å². The highest BCUT2D eigenvalue weighted by Gasteiger charge is 2.18. The molecule has 2 rings (SSSR count). The Kier molecular flexibility index (Phi) is 2.88. The van der Waals surface area contributed by atoms with Gasteiger partial charge >= 0.3 is 0 Å². The van der Waals surface area contributed by atoms with Gasteiger partial charge in [0.2, 0.25) is 0 Å². The van der Waals surface area contributed by atoms with Crippen molar-refractivity contribution >= 4 is 15.8 Å². The minimum absolute atomic E-state index is 0.0370. The molecule has 0 saturated carbocycles.